The van der Waals surface area contributed by atoms with Crippen molar-refractivity contribution in [2.24, 2.45) is 10.9 Å². The average molecular weight is 393 g/mol. The number of rotatable bonds is 6. The summed E-state index contributed by atoms with van der Waals surface area (Å²) in [4.78, 5) is 28.9. The monoisotopic (exact) mass is 393 g/mol. The number of carbonyl (C=O) groups excluding carboxylic acids is 2. The first-order valence-electron chi connectivity index (χ1n) is 9.21. The van der Waals surface area contributed by atoms with Gasteiger partial charge in [0.25, 0.3) is 11.8 Å². The van der Waals surface area contributed by atoms with Crippen molar-refractivity contribution < 1.29 is 23.5 Å². The van der Waals surface area contributed by atoms with Crippen LogP contribution in [0.15, 0.2) is 35.0 Å². The Labute approximate surface area is 162 Å². The lowest BCUT2D eigenvalue weighted by molar-refractivity contribution is -0.115. The summed E-state index contributed by atoms with van der Waals surface area (Å²) in [7, 11) is 1.40. The zero-order valence-corrected chi connectivity index (χ0v) is 16.0. The molecule has 6 nitrogen and oxygen atoms in total. The van der Waals surface area contributed by atoms with E-state index in [0.717, 1.165) is 43.9 Å². The van der Waals surface area contributed by atoms with Gasteiger partial charge in [-0.3, -0.25) is 14.6 Å². The third-order valence-electron chi connectivity index (χ3n) is 4.86. The third kappa shape index (κ3) is 5.22. The van der Waals surface area contributed by atoms with Crippen LogP contribution in [0.3, 0.4) is 0 Å². The fraction of sp³-hybridized carbons (Fsp3) is 0.450. The molecule has 0 unspecified atom stereocenters. The van der Waals surface area contributed by atoms with Crippen LogP contribution in [0.5, 0.6) is 0 Å². The molecular formula is C20H25F2N3O3. The molecule has 0 aromatic heterocycles. The van der Waals surface area contributed by atoms with Crippen LogP contribution in [0.4, 0.5) is 8.78 Å². The molecule has 1 aromatic rings. The molecule has 2 rings (SSSR count). The molecule has 3 N–H and O–H groups in total. The molecule has 8 heteroatoms. The van der Waals surface area contributed by atoms with E-state index in [-0.39, 0.29) is 30.0 Å². The van der Waals surface area contributed by atoms with Gasteiger partial charge in [-0.15, -0.1) is 0 Å². The number of hydrogen-bond acceptors (Lipinski definition) is 4. The Morgan fingerprint density at radius 2 is 1.82 bits per heavy atom. The van der Waals surface area contributed by atoms with Crippen LogP contribution in [-0.4, -0.2) is 42.3 Å². The maximum absolute atomic E-state index is 13.8. The Balaban J connectivity index is 2.07. The summed E-state index contributed by atoms with van der Waals surface area (Å²) in [6, 6.07) is 3.08. The van der Waals surface area contributed by atoms with Gasteiger partial charge >= 0.3 is 0 Å². The van der Waals surface area contributed by atoms with Crippen molar-refractivity contribution in [2.75, 3.05) is 13.7 Å². The topological polar surface area (TPSA) is 90.8 Å². The van der Waals surface area contributed by atoms with Crippen molar-refractivity contribution in [3.05, 3.63) is 47.2 Å². The van der Waals surface area contributed by atoms with E-state index in [1.807, 2.05) is 0 Å². The van der Waals surface area contributed by atoms with Crippen molar-refractivity contribution in [2.45, 2.75) is 38.6 Å². The number of halogens is 2. The number of nitrogens with zero attached hydrogens (tertiary/aromatic N) is 1. The fourth-order valence-electron chi connectivity index (χ4n) is 3.26. The Kier molecular flexibility index (Phi) is 7.80. The molecule has 1 saturated carbocycles. The van der Waals surface area contributed by atoms with Crippen molar-refractivity contribution >= 4 is 17.5 Å². The number of hydrogen-bond donors (Lipinski definition) is 3. The SMILES string of the molecule is C/C=C(NC(=O)c1c(F)cccc1F)\C(=N/C)C(=O)NC1CCC(CO)CC1. The van der Waals surface area contributed by atoms with Gasteiger partial charge in [0, 0.05) is 19.7 Å². The number of aliphatic hydroxyl groups is 1. The van der Waals surface area contributed by atoms with Gasteiger partial charge in [-0.2, -0.15) is 0 Å². The van der Waals surface area contributed by atoms with Gasteiger partial charge in [0.15, 0.2) is 0 Å². The number of nitrogens with one attached hydrogen (secondary N) is 2. The van der Waals surface area contributed by atoms with E-state index in [1.165, 1.54) is 13.1 Å². The number of carbonyl (C=O) groups is 2. The van der Waals surface area contributed by atoms with Gasteiger partial charge in [-0.05, 0) is 50.7 Å². The predicted molar refractivity (Wildman–Crippen MR) is 102 cm³/mol. The molecule has 0 aliphatic heterocycles. The summed E-state index contributed by atoms with van der Waals surface area (Å²) in [5.74, 6) is -3.20. The lowest BCUT2D eigenvalue weighted by atomic mass is 9.86. The first kappa shape index (κ1) is 21.7. The van der Waals surface area contributed by atoms with E-state index in [1.54, 1.807) is 6.92 Å². The molecule has 1 aliphatic carbocycles. The Bertz CT molecular complexity index is 765. The number of aliphatic imine (C=N–C) groups is 1. The molecule has 1 aromatic carbocycles. The summed E-state index contributed by atoms with van der Waals surface area (Å²) in [5, 5.41) is 14.4. The largest absolute Gasteiger partial charge is 0.396 e. The molecule has 0 spiro atoms. The standard InChI is InChI=1S/C20H25F2N3O3/c1-3-16(25-19(27)17-14(21)5-4-6-15(17)22)18(23-2)20(28)24-13-9-7-12(11-26)8-10-13/h3-6,12-13,26H,7-11H2,1-2H3,(H,24,28)(H,25,27)/b16-3+,23-18+. The quantitative estimate of drug-likeness (QED) is 0.648. The van der Waals surface area contributed by atoms with Crippen molar-refractivity contribution in [3.8, 4) is 0 Å². The summed E-state index contributed by atoms with van der Waals surface area (Å²) in [5.41, 5.74) is -0.686. The minimum Gasteiger partial charge on any atom is -0.396 e. The molecular weight excluding hydrogens is 368 g/mol. The normalized spacial score (nSPS) is 20.6. The molecule has 28 heavy (non-hydrogen) atoms. The average Bonchev–Trinajstić information content (AvgIpc) is 2.68. The second kappa shape index (κ2) is 10.1. The molecule has 0 saturated heterocycles. The van der Waals surface area contributed by atoms with Crippen LogP contribution in [0, 0.1) is 17.6 Å². The maximum Gasteiger partial charge on any atom is 0.271 e. The number of aliphatic hydroxyl groups excluding tert-OH is 1. The van der Waals surface area contributed by atoms with Gasteiger partial charge in [-0.1, -0.05) is 12.1 Å². The van der Waals surface area contributed by atoms with Crippen LogP contribution < -0.4 is 10.6 Å². The summed E-state index contributed by atoms with van der Waals surface area (Å²) < 4.78 is 27.6. The third-order valence-corrected chi connectivity index (χ3v) is 4.86. The molecule has 0 radical (unpaired) electrons. The molecule has 0 atom stereocenters. The van der Waals surface area contributed by atoms with Crippen molar-refractivity contribution in [1.82, 2.24) is 10.6 Å². The highest BCUT2D eigenvalue weighted by Gasteiger charge is 2.26. The molecule has 2 amide bonds. The summed E-state index contributed by atoms with van der Waals surface area (Å²) in [6.07, 6.45) is 4.57. The lowest BCUT2D eigenvalue weighted by Gasteiger charge is -2.28. The highest BCUT2D eigenvalue weighted by molar-refractivity contribution is 6.45. The molecule has 1 aliphatic rings. The van der Waals surface area contributed by atoms with Crippen molar-refractivity contribution in [1.29, 1.82) is 0 Å². The first-order valence-corrected chi connectivity index (χ1v) is 9.21. The van der Waals surface area contributed by atoms with Gasteiger partial charge in [-0.25, -0.2) is 8.78 Å². The fourth-order valence-corrected chi connectivity index (χ4v) is 3.26. The van der Waals surface area contributed by atoms with E-state index in [9.17, 15) is 23.5 Å². The molecule has 1 fully saturated rings. The second-order valence-electron chi connectivity index (χ2n) is 6.70. The van der Waals surface area contributed by atoms with Crippen LogP contribution in [0.2, 0.25) is 0 Å². The number of amides is 2. The van der Waals surface area contributed by atoms with E-state index < -0.39 is 29.0 Å². The Morgan fingerprint density at radius 3 is 2.32 bits per heavy atom. The van der Waals surface area contributed by atoms with E-state index in [4.69, 9.17) is 0 Å². The summed E-state index contributed by atoms with van der Waals surface area (Å²) in [6.45, 7) is 1.72. The van der Waals surface area contributed by atoms with Crippen LogP contribution in [0.25, 0.3) is 0 Å². The van der Waals surface area contributed by atoms with Gasteiger partial charge in [0.05, 0.1) is 5.70 Å². The predicted octanol–water partition coefficient (Wildman–Crippen LogP) is 2.34. The zero-order valence-electron chi connectivity index (χ0n) is 16.0. The highest BCUT2D eigenvalue weighted by atomic mass is 19.1. The lowest BCUT2D eigenvalue weighted by Crippen LogP contribution is -2.44. The Hall–Kier alpha value is -2.61. The Morgan fingerprint density at radius 1 is 1.21 bits per heavy atom. The van der Waals surface area contributed by atoms with E-state index in [2.05, 4.69) is 15.6 Å². The zero-order chi connectivity index (χ0) is 20.7. The number of allylic oxidation sites excluding steroid dienone is 1. The molecule has 0 heterocycles. The highest BCUT2D eigenvalue weighted by Crippen LogP contribution is 2.23. The van der Waals surface area contributed by atoms with Crippen molar-refractivity contribution in [3.63, 3.8) is 0 Å². The van der Waals surface area contributed by atoms with Gasteiger partial charge in [0.1, 0.15) is 22.9 Å². The van der Waals surface area contributed by atoms with E-state index in [0.29, 0.717) is 0 Å². The van der Waals surface area contributed by atoms with Crippen LogP contribution in [-0.2, 0) is 4.79 Å². The number of benzene rings is 1. The van der Waals surface area contributed by atoms with Crippen LogP contribution in [0.1, 0.15) is 43.0 Å². The van der Waals surface area contributed by atoms with Gasteiger partial charge in [0.2, 0.25) is 0 Å². The molecule has 0 bridgehead atoms. The minimum absolute atomic E-state index is 0.0307. The molecule has 152 valence electrons. The second-order valence-corrected chi connectivity index (χ2v) is 6.70. The van der Waals surface area contributed by atoms with Crippen LogP contribution >= 0.6 is 0 Å². The minimum atomic E-state index is -0.999. The summed E-state index contributed by atoms with van der Waals surface area (Å²) >= 11 is 0. The van der Waals surface area contributed by atoms with E-state index >= 15 is 0 Å². The maximum atomic E-state index is 13.8. The first-order chi connectivity index (χ1) is 13.4. The van der Waals surface area contributed by atoms with Gasteiger partial charge < -0.3 is 15.7 Å². The smallest absolute Gasteiger partial charge is 0.271 e.